The van der Waals surface area contributed by atoms with E-state index in [1.165, 1.54) is 11.8 Å². The van der Waals surface area contributed by atoms with Crippen LogP contribution in [0.25, 0.3) is 6.08 Å². The van der Waals surface area contributed by atoms with E-state index in [0.29, 0.717) is 16.1 Å². The molecule has 6 heteroatoms. The summed E-state index contributed by atoms with van der Waals surface area (Å²) in [7, 11) is 3.67. The molecule has 0 aliphatic carbocycles. The number of nitrogens with one attached hydrogen (secondary N) is 1. The van der Waals surface area contributed by atoms with Crippen molar-refractivity contribution in [1.82, 2.24) is 10.3 Å². The van der Waals surface area contributed by atoms with Gasteiger partial charge in [-0.05, 0) is 49.4 Å². The molecular formula is C14H18N4OS. The lowest BCUT2D eigenvalue weighted by atomic mass is 10.2. The molecule has 1 aromatic rings. The van der Waals surface area contributed by atoms with Crippen molar-refractivity contribution in [2.45, 2.75) is 19.9 Å². The molecule has 2 heterocycles. The van der Waals surface area contributed by atoms with Crippen LogP contribution in [-0.2, 0) is 4.79 Å². The largest absolute Gasteiger partial charge is 0.357 e. The van der Waals surface area contributed by atoms with Crippen molar-refractivity contribution in [1.29, 1.82) is 0 Å². The van der Waals surface area contributed by atoms with Crippen molar-refractivity contribution >= 4 is 34.7 Å². The number of hydrogen-bond donors (Lipinski definition) is 1. The number of pyridine rings is 1. The second-order valence-electron chi connectivity index (χ2n) is 4.75. The van der Waals surface area contributed by atoms with Crippen molar-refractivity contribution in [3.05, 3.63) is 28.8 Å². The topological polar surface area (TPSA) is 57.6 Å². The Morgan fingerprint density at radius 3 is 2.70 bits per heavy atom. The van der Waals surface area contributed by atoms with Crippen molar-refractivity contribution < 1.29 is 4.79 Å². The first-order valence-corrected chi connectivity index (χ1v) is 7.19. The minimum absolute atomic E-state index is 0.112. The highest BCUT2D eigenvalue weighted by Gasteiger charge is 2.22. The van der Waals surface area contributed by atoms with E-state index < -0.39 is 0 Å². The zero-order valence-electron chi connectivity index (χ0n) is 12.0. The van der Waals surface area contributed by atoms with Gasteiger partial charge in [-0.2, -0.15) is 0 Å². The summed E-state index contributed by atoms with van der Waals surface area (Å²) in [5.74, 6) is 0.806. The summed E-state index contributed by atoms with van der Waals surface area (Å²) in [6.45, 7) is 4.23. The van der Waals surface area contributed by atoms with Gasteiger partial charge in [0.15, 0.2) is 5.17 Å². The fraction of sp³-hybridized carbons (Fsp3) is 0.357. The van der Waals surface area contributed by atoms with Crippen LogP contribution in [0.2, 0.25) is 0 Å². The first-order chi connectivity index (χ1) is 9.51. The van der Waals surface area contributed by atoms with Crippen LogP contribution in [0.1, 0.15) is 19.4 Å². The van der Waals surface area contributed by atoms with E-state index in [-0.39, 0.29) is 5.91 Å². The highest BCUT2D eigenvalue weighted by Crippen LogP contribution is 2.25. The van der Waals surface area contributed by atoms with E-state index in [9.17, 15) is 4.79 Å². The number of carbonyl (C=O) groups excluding carboxylic acids is 1. The first-order valence-electron chi connectivity index (χ1n) is 6.38. The standard InChI is InChI=1S/C14H18N4OS/c1-9(2)18(4)12-6-5-10(8-16-12)7-11-13(19)17-14(15-3)20-11/h5-9H,1-4H3,(H,15,17,19)/b11-7-. The quantitative estimate of drug-likeness (QED) is 0.866. The lowest BCUT2D eigenvalue weighted by Gasteiger charge is -2.22. The molecule has 0 bridgehead atoms. The average Bonchev–Trinajstić information content (AvgIpc) is 2.79. The Hall–Kier alpha value is -1.82. The molecule has 0 atom stereocenters. The summed E-state index contributed by atoms with van der Waals surface area (Å²) in [6.07, 6.45) is 3.60. The molecule has 1 aromatic heterocycles. The van der Waals surface area contributed by atoms with Gasteiger partial charge in [0.2, 0.25) is 0 Å². The number of rotatable bonds is 3. The molecule has 0 unspecified atom stereocenters. The Kier molecular flexibility index (Phi) is 4.44. The fourth-order valence-corrected chi connectivity index (χ4v) is 2.42. The average molecular weight is 290 g/mol. The van der Waals surface area contributed by atoms with Crippen LogP contribution in [0.15, 0.2) is 28.2 Å². The molecule has 1 aliphatic heterocycles. The molecular weight excluding hydrogens is 272 g/mol. The smallest absolute Gasteiger partial charge is 0.264 e. The summed E-state index contributed by atoms with van der Waals surface area (Å²) in [6, 6.07) is 4.31. The third-order valence-corrected chi connectivity index (χ3v) is 4.06. The van der Waals surface area contributed by atoms with E-state index in [4.69, 9.17) is 0 Å². The maximum absolute atomic E-state index is 11.7. The zero-order chi connectivity index (χ0) is 14.7. The minimum Gasteiger partial charge on any atom is -0.357 e. The summed E-state index contributed by atoms with van der Waals surface area (Å²) < 4.78 is 0. The van der Waals surface area contributed by atoms with Gasteiger partial charge in [-0.1, -0.05) is 0 Å². The van der Waals surface area contributed by atoms with Gasteiger partial charge in [0.25, 0.3) is 5.91 Å². The lowest BCUT2D eigenvalue weighted by molar-refractivity contribution is -0.115. The number of nitrogens with zero attached hydrogens (tertiary/aromatic N) is 3. The third-order valence-electron chi connectivity index (χ3n) is 3.06. The maximum atomic E-state index is 11.7. The van der Waals surface area contributed by atoms with Gasteiger partial charge in [0.1, 0.15) is 5.82 Å². The van der Waals surface area contributed by atoms with Gasteiger partial charge in [-0.3, -0.25) is 9.79 Å². The summed E-state index contributed by atoms with van der Waals surface area (Å²) in [4.78, 5) is 22.8. The molecule has 0 saturated carbocycles. The number of hydrogen-bond acceptors (Lipinski definition) is 5. The molecule has 20 heavy (non-hydrogen) atoms. The molecule has 0 spiro atoms. The van der Waals surface area contributed by atoms with Crippen molar-refractivity contribution in [3.63, 3.8) is 0 Å². The molecule has 1 fully saturated rings. The second kappa shape index (κ2) is 6.09. The summed E-state index contributed by atoms with van der Waals surface area (Å²) in [5, 5.41) is 3.33. The van der Waals surface area contributed by atoms with Gasteiger partial charge in [-0.15, -0.1) is 0 Å². The molecule has 2 rings (SSSR count). The predicted octanol–water partition coefficient (Wildman–Crippen LogP) is 2.12. The van der Waals surface area contributed by atoms with Gasteiger partial charge >= 0.3 is 0 Å². The molecule has 1 aliphatic rings. The van der Waals surface area contributed by atoms with Gasteiger partial charge in [-0.25, -0.2) is 4.98 Å². The Labute approximate surface area is 123 Å². The second-order valence-corrected chi connectivity index (χ2v) is 5.78. The van der Waals surface area contributed by atoms with E-state index in [1.54, 1.807) is 13.2 Å². The fourth-order valence-electron chi connectivity index (χ4n) is 1.64. The van der Waals surface area contributed by atoms with Crippen LogP contribution < -0.4 is 10.2 Å². The highest BCUT2D eigenvalue weighted by atomic mass is 32.2. The van der Waals surface area contributed by atoms with Gasteiger partial charge in [0, 0.05) is 26.3 Å². The molecule has 0 radical (unpaired) electrons. The minimum atomic E-state index is -0.112. The van der Waals surface area contributed by atoms with Crippen LogP contribution in [0.5, 0.6) is 0 Å². The SMILES string of the molecule is CN=C1NC(=O)/C(=C/c2ccc(N(C)C(C)C)nc2)S1. The summed E-state index contributed by atoms with van der Waals surface area (Å²) in [5.41, 5.74) is 0.904. The number of amides is 1. The number of thioether (sulfide) groups is 1. The molecule has 5 nitrogen and oxygen atoms in total. The Morgan fingerprint density at radius 1 is 1.45 bits per heavy atom. The van der Waals surface area contributed by atoms with Crippen LogP contribution in [0.3, 0.4) is 0 Å². The van der Waals surface area contributed by atoms with Crippen molar-refractivity contribution in [2.24, 2.45) is 4.99 Å². The number of aromatic nitrogens is 1. The molecule has 0 aromatic carbocycles. The Balaban J connectivity index is 2.17. The van der Waals surface area contributed by atoms with E-state index in [0.717, 1.165) is 11.4 Å². The van der Waals surface area contributed by atoms with Crippen molar-refractivity contribution in [3.8, 4) is 0 Å². The van der Waals surface area contributed by atoms with Gasteiger partial charge in [0.05, 0.1) is 4.91 Å². The number of aliphatic imine (C=N–C) groups is 1. The van der Waals surface area contributed by atoms with Crippen LogP contribution in [-0.4, -0.2) is 36.2 Å². The maximum Gasteiger partial charge on any atom is 0.264 e. The van der Waals surface area contributed by atoms with Crippen LogP contribution in [0.4, 0.5) is 5.82 Å². The Morgan fingerprint density at radius 2 is 2.20 bits per heavy atom. The normalized spacial score (nSPS) is 18.9. The van der Waals surface area contributed by atoms with Crippen LogP contribution in [0, 0.1) is 0 Å². The number of anilines is 1. The third kappa shape index (κ3) is 3.19. The Bertz CT molecular complexity index is 563. The lowest BCUT2D eigenvalue weighted by Crippen LogP contribution is -2.26. The van der Waals surface area contributed by atoms with E-state index >= 15 is 0 Å². The summed E-state index contributed by atoms with van der Waals surface area (Å²) >= 11 is 1.34. The molecule has 1 saturated heterocycles. The van der Waals surface area contributed by atoms with Crippen LogP contribution >= 0.6 is 11.8 Å². The monoisotopic (exact) mass is 290 g/mol. The number of carbonyl (C=O) groups is 1. The molecule has 1 N–H and O–H groups in total. The van der Waals surface area contributed by atoms with Gasteiger partial charge < -0.3 is 10.2 Å². The van der Waals surface area contributed by atoms with E-state index in [2.05, 4.69) is 34.0 Å². The zero-order valence-corrected chi connectivity index (χ0v) is 12.9. The van der Waals surface area contributed by atoms with Crippen molar-refractivity contribution in [2.75, 3.05) is 19.0 Å². The van der Waals surface area contributed by atoms with E-state index in [1.807, 2.05) is 25.3 Å². The number of amidine groups is 1. The highest BCUT2D eigenvalue weighted by molar-refractivity contribution is 8.18. The molecule has 1 amide bonds. The first kappa shape index (κ1) is 14.6. The predicted molar refractivity (Wildman–Crippen MR) is 84.8 cm³/mol. The molecule has 106 valence electrons.